The lowest BCUT2D eigenvalue weighted by Gasteiger charge is -2.13. The van der Waals surface area contributed by atoms with E-state index in [2.05, 4.69) is 18.8 Å². The number of thioether (sulfide) groups is 1. The van der Waals surface area contributed by atoms with Crippen molar-refractivity contribution in [2.75, 3.05) is 10.5 Å². The number of amides is 1. The summed E-state index contributed by atoms with van der Waals surface area (Å²) in [5, 5.41) is 2.68. The predicted molar refractivity (Wildman–Crippen MR) is 98.0 cm³/mol. The Kier molecular flexibility index (Phi) is 4.10. The molecule has 1 aliphatic heterocycles. The number of nitrogens with zero attached hydrogens (tertiary/aromatic N) is 2. The maximum absolute atomic E-state index is 12.7. The zero-order valence-corrected chi connectivity index (χ0v) is 15.1. The van der Waals surface area contributed by atoms with E-state index in [0.29, 0.717) is 22.5 Å². The average molecular weight is 392 g/mol. The van der Waals surface area contributed by atoms with Gasteiger partial charge in [-0.25, -0.2) is 8.42 Å². The topological polar surface area (TPSA) is 101 Å². The van der Waals surface area contributed by atoms with E-state index in [4.69, 9.17) is 0 Å². The van der Waals surface area contributed by atoms with Crippen LogP contribution in [0.5, 0.6) is 0 Å². The van der Waals surface area contributed by atoms with Gasteiger partial charge in [0.25, 0.3) is 10.0 Å². The summed E-state index contributed by atoms with van der Waals surface area (Å²) in [7, 11) is -3.80. The molecule has 1 unspecified atom stereocenters. The van der Waals surface area contributed by atoms with Crippen LogP contribution in [0.2, 0.25) is 0 Å². The quantitative estimate of drug-likeness (QED) is 0.707. The number of nitrogens with one attached hydrogen (secondary N) is 2. The standard InChI is InChI=1S/C15H12N4O3S3/c20-13-8-23-15(16-13)9-3-1-4-10(7-9)19-25(21,22)12-6-2-5-11-14(12)18-24-17-11/h1-7,15,19H,8H2,(H,16,20). The Labute approximate surface area is 152 Å². The number of benzene rings is 2. The first kappa shape index (κ1) is 16.3. The Bertz CT molecular complexity index is 1060. The second-order valence-corrected chi connectivity index (χ2v) is 8.65. The Morgan fingerprint density at radius 2 is 2.00 bits per heavy atom. The molecule has 0 aliphatic carbocycles. The lowest BCUT2D eigenvalue weighted by Crippen LogP contribution is -2.19. The van der Waals surface area contributed by atoms with Crippen LogP contribution in [0.3, 0.4) is 0 Å². The van der Waals surface area contributed by atoms with Crippen LogP contribution in [0.4, 0.5) is 5.69 Å². The monoisotopic (exact) mass is 392 g/mol. The van der Waals surface area contributed by atoms with Crippen LogP contribution in [0, 0.1) is 0 Å². The molecular formula is C15H12N4O3S3. The van der Waals surface area contributed by atoms with Crippen LogP contribution in [-0.4, -0.2) is 28.8 Å². The highest BCUT2D eigenvalue weighted by molar-refractivity contribution is 8.00. The highest BCUT2D eigenvalue weighted by Gasteiger charge is 2.24. The number of rotatable bonds is 4. The zero-order valence-electron chi connectivity index (χ0n) is 12.7. The van der Waals surface area contributed by atoms with Crippen LogP contribution < -0.4 is 10.0 Å². The van der Waals surface area contributed by atoms with Crippen LogP contribution in [0.25, 0.3) is 11.0 Å². The van der Waals surface area contributed by atoms with Gasteiger partial charge in [-0.3, -0.25) is 9.52 Å². The summed E-state index contributed by atoms with van der Waals surface area (Å²) in [6.07, 6.45) is 0. The Morgan fingerprint density at radius 1 is 1.16 bits per heavy atom. The van der Waals surface area contributed by atoms with Gasteiger partial charge in [0.05, 0.1) is 17.5 Å². The van der Waals surface area contributed by atoms with Gasteiger partial charge in [0, 0.05) is 5.69 Å². The molecule has 2 heterocycles. The van der Waals surface area contributed by atoms with Crippen molar-refractivity contribution >= 4 is 56.1 Å². The van der Waals surface area contributed by atoms with E-state index < -0.39 is 10.0 Å². The van der Waals surface area contributed by atoms with E-state index in [0.717, 1.165) is 17.3 Å². The van der Waals surface area contributed by atoms with Crippen LogP contribution in [0.15, 0.2) is 47.4 Å². The summed E-state index contributed by atoms with van der Waals surface area (Å²) in [6, 6.07) is 11.9. The van der Waals surface area contributed by atoms with Gasteiger partial charge >= 0.3 is 0 Å². The molecule has 128 valence electrons. The van der Waals surface area contributed by atoms with E-state index in [-0.39, 0.29) is 16.2 Å². The average Bonchev–Trinajstić information content (AvgIpc) is 3.23. The van der Waals surface area contributed by atoms with Crippen molar-refractivity contribution in [1.82, 2.24) is 14.1 Å². The molecule has 0 spiro atoms. The summed E-state index contributed by atoms with van der Waals surface area (Å²) in [4.78, 5) is 11.5. The van der Waals surface area contributed by atoms with E-state index in [1.165, 1.54) is 17.8 Å². The highest BCUT2D eigenvalue weighted by atomic mass is 32.2. The summed E-state index contributed by atoms with van der Waals surface area (Å²) in [5.74, 6) is 0.378. The molecule has 2 N–H and O–H groups in total. The van der Waals surface area contributed by atoms with Crippen LogP contribution >= 0.6 is 23.5 Å². The SMILES string of the molecule is O=C1CSC(c2cccc(NS(=O)(=O)c3cccc4nsnc34)c2)N1. The molecule has 1 aromatic heterocycles. The second kappa shape index (κ2) is 6.28. The minimum Gasteiger partial charge on any atom is -0.339 e. The van der Waals surface area contributed by atoms with Crippen molar-refractivity contribution in [2.24, 2.45) is 0 Å². The number of aromatic nitrogens is 2. The van der Waals surface area contributed by atoms with Crippen molar-refractivity contribution in [3.05, 3.63) is 48.0 Å². The van der Waals surface area contributed by atoms with Gasteiger partial charge in [-0.2, -0.15) is 8.75 Å². The number of hydrogen-bond acceptors (Lipinski definition) is 7. The van der Waals surface area contributed by atoms with Gasteiger partial charge in [0.15, 0.2) is 0 Å². The molecule has 10 heteroatoms. The number of anilines is 1. The van der Waals surface area contributed by atoms with Crippen LogP contribution in [0.1, 0.15) is 10.9 Å². The maximum atomic E-state index is 12.7. The molecule has 1 aliphatic rings. The normalized spacial score (nSPS) is 17.6. The Morgan fingerprint density at radius 3 is 2.80 bits per heavy atom. The first-order chi connectivity index (χ1) is 12.0. The lowest BCUT2D eigenvalue weighted by molar-refractivity contribution is -0.118. The van der Waals surface area contributed by atoms with Crippen molar-refractivity contribution in [3.63, 3.8) is 0 Å². The number of carbonyl (C=O) groups excluding carboxylic acids is 1. The molecule has 0 saturated carbocycles. The van der Waals surface area contributed by atoms with E-state index in [1.807, 2.05) is 6.07 Å². The highest BCUT2D eigenvalue weighted by Crippen LogP contribution is 2.32. The Balaban J connectivity index is 1.65. The van der Waals surface area contributed by atoms with Crippen molar-refractivity contribution in [1.29, 1.82) is 0 Å². The molecule has 25 heavy (non-hydrogen) atoms. The first-order valence-electron chi connectivity index (χ1n) is 7.28. The van der Waals surface area contributed by atoms with Crippen molar-refractivity contribution < 1.29 is 13.2 Å². The fourth-order valence-corrected chi connectivity index (χ4v) is 5.31. The summed E-state index contributed by atoms with van der Waals surface area (Å²) >= 11 is 2.45. The minimum absolute atomic E-state index is 0.0244. The van der Waals surface area contributed by atoms with Gasteiger partial charge < -0.3 is 5.32 Å². The lowest BCUT2D eigenvalue weighted by atomic mass is 10.2. The van der Waals surface area contributed by atoms with Crippen molar-refractivity contribution in [2.45, 2.75) is 10.3 Å². The molecule has 1 atom stereocenters. The number of carbonyl (C=O) groups is 1. The summed E-state index contributed by atoms with van der Waals surface area (Å²) in [5.41, 5.74) is 2.17. The molecule has 0 bridgehead atoms. The van der Waals surface area contributed by atoms with Crippen molar-refractivity contribution in [3.8, 4) is 0 Å². The fraction of sp³-hybridized carbons (Fsp3) is 0.133. The van der Waals surface area contributed by atoms with E-state index in [1.54, 1.807) is 30.3 Å². The minimum atomic E-state index is -3.80. The van der Waals surface area contributed by atoms with Gasteiger partial charge in [0.1, 0.15) is 21.3 Å². The van der Waals surface area contributed by atoms with Gasteiger partial charge in [-0.15, -0.1) is 11.8 Å². The second-order valence-electron chi connectivity index (χ2n) is 5.38. The fourth-order valence-electron chi connectivity index (χ4n) is 2.54. The third kappa shape index (κ3) is 3.20. The number of sulfonamides is 1. The smallest absolute Gasteiger partial charge is 0.264 e. The summed E-state index contributed by atoms with van der Waals surface area (Å²) in [6.45, 7) is 0. The van der Waals surface area contributed by atoms with Gasteiger partial charge in [-0.05, 0) is 29.8 Å². The summed E-state index contributed by atoms with van der Waals surface area (Å²) < 4.78 is 36.2. The third-order valence-corrected chi connectivity index (χ3v) is 6.76. The number of fused-ring (bicyclic) bond motifs is 1. The molecule has 1 saturated heterocycles. The molecule has 3 aromatic rings. The molecule has 1 fully saturated rings. The molecule has 4 rings (SSSR count). The van der Waals surface area contributed by atoms with Crippen LogP contribution in [-0.2, 0) is 14.8 Å². The third-order valence-electron chi connectivity index (χ3n) is 3.65. The molecule has 2 aromatic carbocycles. The van der Waals surface area contributed by atoms with E-state index in [9.17, 15) is 13.2 Å². The zero-order chi connectivity index (χ0) is 17.4. The Hall–Kier alpha value is -2.17. The molecule has 7 nitrogen and oxygen atoms in total. The molecule has 1 amide bonds. The van der Waals surface area contributed by atoms with Gasteiger partial charge in [0.2, 0.25) is 5.91 Å². The van der Waals surface area contributed by atoms with E-state index >= 15 is 0 Å². The first-order valence-corrected chi connectivity index (χ1v) is 10.5. The largest absolute Gasteiger partial charge is 0.339 e. The predicted octanol–water partition coefficient (Wildman–Crippen LogP) is 2.35. The maximum Gasteiger partial charge on any atom is 0.264 e. The number of hydrogen-bond donors (Lipinski definition) is 2. The molecule has 0 radical (unpaired) electrons. The molecular weight excluding hydrogens is 380 g/mol. The van der Waals surface area contributed by atoms with Gasteiger partial charge in [-0.1, -0.05) is 18.2 Å².